The van der Waals surface area contributed by atoms with Gasteiger partial charge in [0.25, 0.3) is 5.91 Å². The van der Waals surface area contributed by atoms with Crippen LogP contribution in [0.5, 0.6) is 0 Å². The van der Waals surface area contributed by atoms with Crippen molar-refractivity contribution < 1.29 is 9.59 Å². The summed E-state index contributed by atoms with van der Waals surface area (Å²) in [6, 6.07) is 16.8. The zero-order chi connectivity index (χ0) is 20.6. The van der Waals surface area contributed by atoms with Crippen molar-refractivity contribution in [2.75, 3.05) is 12.4 Å². The van der Waals surface area contributed by atoms with Crippen molar-refractivity contribution in [1.82, 2.24) is 9.88 Å². The number of nitrogens with one attached hydrogen (secondary N) is 1. The lowest BCUT2D eigenvalue weighted by atomic mass is 9.87. The van der Waals surface area contributed by atoms with Crippen molar-refractivity contribution in [1.29, 1.82) is 0 Å². The standard InChI is InChI=1S/C22H21N5O2/c1-22(12-19(28)27(2)21(23)26-22)16-8-5-9-17(11-16)25-20(29)18-10-14-6-3-4-7-15(14)13-24-18/h3-11,13H,12H2,1-2H3,(H2,23,26)(H,25,29). The molecule has 1 aromatic heterocycles. The van der Waals surface area contributed by atoms with E-state index in [1.807, 2.05) is 49.4 Å². The smallest absolute Gasteiger partial charge is 0.274 e. The SMILES string of the molecule is CN1C(=O)CC(C)(c2cccc(NC(=O)c3cc4ccccc4cn3)c2)N=C1N. The molecule has 0 saturated heterocycles. The summed E-state index contributed by atoms with van der Waals surface area (Å²) in [6.45, 7) is 1.86. The maximum Gasteiger partial charge on any atom is 0.274 e. The van der Waals surface area contributed by atoms with Crippen LogP contribution < -0.4 is 11.1 Å². The van der Waals surface area contributed by atoms with Crippen LogP contribution in [0.4, 0.5) is 5.69 Å². The van der Waals surface area contributed by atoms with Gasteiger partial charge in [0.05, 0.1) is 12.0 Å². The van der Waals surface area contributed by atoms with Crippen molar-refractivity contribution in [2.24, 2.45) is 10.7 Å². The van der Waals surface area contributed by atoms with E-state index in [1.165, 1.54) is 4.90 Å². The second-order valence-electron chi connectivity index (χ2n) is 7.33. The average molecular weight is 387 g/mol. The minimum Gasteiger partial charge on any atom is -0.369 e. The van der Waals surface area contributed by atoms with E-state index in [1.54, 1.807) is 25.4 Å². The number of carbonyl (C=O) groups is 2. The highest BCUT2D eigenvalue weighted by atomic mass is 16.2. The molecule has 0 aliphatic carbocycles. The lowest BCUT2D eigenvalue weighted by molar-refractivity contribution is -0.128. The molecule has 2 heterocycles. The predicted molar refractivity (Wildman–Crippen MR) is 112 cm³/mol. The van der Waals surface area contributed by atoms with Crippen LogP contribution in [0.1, 0.15) is 29.4 Å². The molecule has 0 saturated carbocycles. The molecule has 1 aliphatic rings. The maximum atomic E-state index is 12.7. The molecule has 2 aromatic carbocycles. The van der Waals surface area contributed by atoms with E-state index < -0.39 is 5.54 Å². The maximum absolute atomic E-state index is 12.7. The third-order valence-electron chi connectivity index (χ3n) is 5.18. The number of fused-ring (bicyclic) bond motifs is 1. The van der Waals surface area contributed by atoms with Crippen molar-refractivity contribution >= 4 is 34.2 Å². The van der Waals surface area contributed by atoms with Crippen molar-refractivity contribution in [3.05, 3.63) is 72.1 Å². The van der Waals surface area contributed by atoms with Crippen molar-refractivity contribution in [3.63, 3.8) is 0 Å². The number of anilines is 1. The number of rotatable bonds is 3. The molecule has 0 fully saturated rings. The number of aromatic nitrogens is 1. The van der Waals surface area contributed by atoms with Crippen LogP contribution in [0.2, 0.25) is 0 Å². The van der Waals surface area contributed by atoms with Gasteiger partial charge in [0.2, 0.25) is 5.91 Å². The Bertz CT molecular complexity index is 1160. The first-order valence-electron chi connectivity index (χ1n) is 9.24. The van der Waals surface area contributed by atoms with Crippen molar-refractivity contribution in [2.45, 2.75) is 18.9 Å². The number of guanidine groups is 1. The largest absolute Gasteiger partial charge is 0.369 e. The van der Waals surface area contributed by atoms with Gasteiger partial charge >= 0.3 is 0 Å². The van der Waals surface area contributed by atoms with E-state index in [0.717, 1.165) is 16.3 Å². The number of nitrogens with zero attached hydrogens (tertiary/aromatic N) is 3. The van der Waals surface area contributed by atoms with E-state index in [2.05, 4.69) is 15.3 Å². The van der Waals surface area contributed by atoms with Crippen LogP contribution in [0.25, 0.3) is 10.8 Å². The van der Waals surface area contributed by atoms with Gasteiger partial charge in [-0.05, 0) is 36.1 Å². The molecule has 0 bridgehead atoms. The van der Waals surface area contributed by atoms with Gasteiger partial charge in [-0.1, -0.05) is 36.4 Å². The summed E-state index contributed by atoms with van der Waals surface area (Å²) in [5.41, 5.74) is 6.85. The normalized spacial score (nSPS) is 19.2. The van der Waals surface area contributed by atoms with E-state index in [9.17, 15) is 9.59 Å². The number of pyridine rings is 1. The molecule has 1 atom stereocenters. The van der Waals surface area contributed by atoms with Gasteiger partial charge in [-0.2, -0.15) is 0 Å². The Morgan fingerprint density at radius 1 is 1.14 bits per heavy atom. The lowest BCUT2D eigenvalue weighted by Crippen LogP contribution is -2.47. The molecule has 3 N–H and O–H groups in total. The van der Waals surface area contributed by atoms with Crippen LogP contribution in [-0.2, 0) is 10.3 Å². The number of amides is 2. The van der Waals surface area contributed by atoms with Gasteiger partial charge in [0.15, 0.2) is 5.96 Å². The fourth-order valence-corrected chi connectivity index (χ4v) is 3.41. The monoisotopic (exact) mass is 387 g/mol. The fraction of sp³-hybridized carbons (Fsp3) is 0.182. The fourth-order valence-electron chi connectivity index (χ4n) is 3.41. The zero-order valence-electron chi connectivity index (χ0n) is 16.2. The summed E-state index contributed by atoms with van der Waals surface area (Å²) in [6.07, 6.45) is 1.89. The molecule has 4 rings (SSSR count). The number of hydrogen-bond acceptors (Lipinski definition) is 5. The van der Waals surface area contributed by atoms with Gasteiger partial charge in [-0.25, -0.2) is 4.99 Å². The number of carbonyl (C=O) groups excluding carboxylic acids is 2. The van der Waals surface area contributed by atoms with Crippen LogP contribution in [0.15, 0.2) is 65.8 Å². The molecule has 146 valence electrons. The highest BCUT2D eigenvalue weighted by Gasteiger charge is 2.36. The first-order chi connectivity index (χ1) is 13.9. The molecule has 29 heavy (non-hydrogen) atoms. The lowest BCUT2D eigenvalue weighted by Gasteiger charge is -2.33. The Kier molecular flexibility index (Phi) is 4.50. The third-order valence-corrected chi connectivity index (χ3v) is 5.18. The van der Waals surface area contributed by atoms with Gasteiger partial charge in [-0.3, -0.25) is 19.5 Å². The summed E-state index contributed by atoms with van der Waals surface area (Å²) in [5.74, 6) is -0.228. The second-order valence-corrected chi connectivity index (χ2v) is 7.33. The number of benzene rings is 2. The molecule has 7 heteroatoms. The average Bonchev–Trinajstić information content (AvgIpc) is 2.72. The van der Waals surface area contributed by atoms with Crippen molar-refractivity contribution in [3.8, 4) is 0 Å². The topological polar surface area (TPSA) is 101 Å². The number of nitrogens with two attached hydrogens (primary N) is 1. The minimum atomic E-state index is -0.782. The Labute approximate surface area is 168 Å². The molecule has 0 spiro atoms. The summed E-state index contributed by atoms with van der Waals surface area (Å²) in [5, 5.41) is 4.80. The molecular formula is C22H21N5O2. The highest BCUT2D eigenvalue weighted by Crippen LogP contribution is 2.34. The van der Waals surface area contributed by atoms with E-state index in [4.69, 9.17) is 5.73 Å². The number of hydrogen-bond donors (Lipinski definition) is 2. The Morgan fingerprint density at radius 2 is 1.90 bits per heavy atom. The summed E-state index contributed by atoms with van der Waals surface area (Å²) in [7, 11) is 1.61. The molecular weight excluding hydrogens is 366 g/mol. The van der Waals surface area contributed by atoms with Gasteiger partial charge in [0, 0.05) is 24.3 Å². The van der Waals surface area contributed by atoms with Gasteiger partial charge in [0.1, 0.15) is 5.69 Å². The molecule has 1 aliphatic heterocycles. The predicted octanol–water partition coefficient (Wildman–Crippen LogP) is 2.88. The van der Waals surface area contributed by atoms with E-state index in [0.29, 0.717) is 11.4 Å². The Hall–Kier alpha value is -3.74. The molecule has 1 unspecified atom stereocenters. The Morgan fingerprint density at radius 3 is 2.66 bits per heavy atom. The Balaban J connectivity index is 1.60. The molecule has 0 radical (unpaired) electrons. The van der Waals surface area contributed by atoms with Crippen LogP contribution in [0, 0.1) is 0 Å². The first kappa shape index (κ1) is 18.6. The summed E-state index contributed by atoms with van der Waals surface area (Å²) < 4.78 is 0. The molecule has 3 aromatic rings. The zero-order valence-corrected chi connectivity index (χ0v) is 16.2. The quantitative estimate of drug-likeness (QED) is 0.721. The minimum absolute atomic E-state index is 0.102. The van der Waals surface area contributed by atoms with Gasteiger partial charge < -0.3 is 11.1 Å². The van der Waals surface area contributed by atoms with E-state index >= 15 is 0 Å². The summed E-state index contributed by atoms with van der Waals surface area (Å²) >= 11 is 0. The highest BCUT2D eigenvalue weighted by molar-refractivity contribution is 6.05. The van der Waals surface area contributed by atoms with Gasteiger partial charge in [-0.15, -0.1) is 0 Å². The van der Waals surface area contributed by atoms with Crippen LogP contribution in [0.3, 0.4) is 0 Å². The first-order valence-corrected chi connectivity index (χ1v) is 9.24. The van der Waals surface area contributed by atoms with Crippen LogP contribution >= 0.6 is 0 Å². The third kappa shape index (κ3) is 3.54. The molecule has 2 amide bonds. The second kappa shape index (κ2) is 7.01. The van der Waals surface area contributed by atoms with E-state index in [-0.39, 0.29) is 24.2 Å². The van der Waals surface area contributed by atoms with Crippen LogP contribution in [-0.4, -0.2) is 34.7 Å². The summed E-state index contributed by atoms with van der Waals surface area (Å²) in [4.78, 5) is 35.0. The number of aliphatic imine (C=N–C) groups is 1. The molecule has 7 nitrogen and oxygen atoms in total.